The van der Waals surface area contributed by atoms with Gasteiger partial charge < -0.3 is 15.8 Å². The largest absolute Gasteiger partial charge is 0.435 e. The van der Waals surface area contributed by atoms with Gasteiger partial charge in [0.1, 0.15) is 5.75 Å². The van der Waals surface area contributed by atoms with Crippen LogP contribution in [0.1, 0.15) is 30.6 Å². The molecular weight excluding hydrogens is 266 g/mol. The number of alkyl halides is 2. The Labute approximate surface area is 117 Å². The normalized spacial score (nSPS) is 11.5. The number of carbonyl (C=O) groups excluding carboxylic acids is 1. The van der Waals surface area contributed by atoms with Gasteiger partial charge in [-0.05, 0) is 36.6 Å². The Morgan fingerprint density at radius 2 is 2.15 bits per heavy atom. The van der Waals surface area contributed by atoms with Gasteiger partial charge in [-0.3, -0.25) is 4.79 Å². The van der Waals surface area contributed by atoms with Gasteiger partial charge in [-0.1, -0.05) is 19.9 Å². The summed E-state index contributed by atoms with van der Waals surface area (Å²) in [7, 11) is 0. The third-order valence-corrected chi connectivity index (χ3v) is 2.87. The lowest BCUT2D eigenvalue weighted by Gasteiger charge is -2.24. The molecule has 0 aliphatic rings. The number of rotatable bonds is 7. The van der Waals surface area contributed by atoms with Gasteiger partial charge in [0.15, 0.2) is 0 Å². The highest BCUT2D eigenvalue weighted by atomic mass is 19.3. The third kappa shape index (κ3) is 5.52. The van der Waals surface area contributed by atoms with Crippen LogP contribution in [0.4, 0.5) is 8.78 Å². The molecule has 1 aromatic carbocycles. The number of amides is 1. The van der Waals surface area contributed by atoms with Gasteiger partial charge in [0.25, 0.3) is 5.91 Å². The molecule has 0 unspecified atom stereocenters. The molecule has 1 rings (SSSR count). The zero-order chi connectivity index (χ0) is 15.2. The summed E-state index contributed by atoms with van der Waals surface area (Å²) < 4.78 is 28.5. The Hall–Kier alpha value is -1.69. The summed E-state index contributed by atoms with van der Waals surface area (Å²) in [6.45, 7) is 2.09. The van der Waals surface area contributed by atoms with Gasteiger partial charge in [0.05, 0.1) is 0 Å². The summed E-state index contributed by atoms with van der Waals surface area (Å²) in [6.07, 6.45) is 0.780. The van der Waals surface area contributed by atoms with Crippen molar-refractivity contribution >= 4 is 5.91 Å². The number of carbonyl (C=O) groups is 1. The van der Waals surface area contributed by atoms with E-state index in [-0.39, 0.29) is 22.6 Å². The van der Waals surface area contributed by atoms with E-state index < -0.39 is 6.61 Å². The van der Waals surface area contributed by atoms with Crippen molar-refractivity contribution in [2.75, 3.05) is 13.1 Å². The van der Waals surface area contributed by atoms with Crippen LogP contribution in [0.3, 0.4) is 0 Å². The van der Waals surface area contributed by atoms with E-state index in [1.807, 2.05) is 13.8 Å². The lowest BCUT2D eigenvalue weighted by Crippen LogP contribution is -2.35. The van der Waals surface area contributed by atoms with Crippen LogP contribution in [0, 0.1) is 5.41 Å². The van der Waals surface area contributed by atoms with E-state index >= 15 is 0 Å². The number of halogens is 2. The van der Waals surface area contributed by atoms with Gasteiger partial charge in [-0.15, -0.1) is 0 Å². The van der Waals surface area contributed by atoms with Crippen LogP contribution >= 0.6 is 0 Å². The topological polar surface area (TPSA) is 64.3 Å². The van der Waals surface area contributed by atoms with Crippen molar-refractivity contribution in [1.29, 1.82) is 0 Å². The molecule has 6 heteroatoms. The minimum Gasteiger partial charge on any atom is -0.435 e. The smallest absolute Gasteiger partial charge is 0.387 e. The monoisotopic (exact) mass is 286 g/mol. The zero-order valence-corrected chi connectivity index (χ0v) is 11.7. The summed E-state index contributed by atoms with van der Waals surface area (Å²) in [5.41, 5.74) is 5.67. The van der Waals surface area contributed by atoms with Gasteiger partial charge in [0.2, 0.25) is 0 Å². The molecule has 0 aliphatic heterocycles. The average Bonchev–Trinajstić information content (AvgIpc) is 2.35. The molecule has 4 nitrogen and oxygen atoms in total. The second-order valence-electron chi connectivity index (χ2n) is 5.29. The molecule has 0 radical (unpaired) electrons. The number of nitrogens with one attached hydrogen (secondary N) is 1. The Morgan fingerprint density at radius 3 is 2.75 bits per heavy atom. The SMILES string of the molecule is CC(C)(CCN)CNC(=O)c1cccc(OC(F)F)c1. The van der Waals surface area contributed by atoms with Crippen molar-refractivity contribution in [2.24, 2.45) is 11.1 Å². The van der Waals surface area contributed by atoms with E-state index in [4.69, 9.17) is 5.73 Å². The molecule has 1 amide bonds. The summed E-state index contributed by atoms with van der Waals surface area (Å²) in [5.74, 6) is -0.358. The van der Waals surface area contributed by atoms with Crippen LogP contribution in [0.15, 0.2) is 24.3 Å². The number of hydrogen-bond acceptors (Lipinski definition) is 3. The van der Waals surface area contributed by atoms with Crippen LogP contribution in [0.25, 0.3) is 0 Å². The molecule has 0 bridgehead atoms. The molecule has 0 spiro atoms. The number of ether oxygens (including phenoxy) is 1. The minimum absolute atomic E-state index is 0.0335. The molecule has 0 aliphatic carbocycles. The molecule has 0 saturated heterocycles. The molecular formula is C14H20F2N2O2. The second kappa shape index (κ2) is 7.19. The first-order valence-electron chi connectivity index (χ1n) is 6.37. The zero-order valence-electron chi connectivity index (χ0n) is 11.7. The molecule has 20 heavy (non-hydrogen) atoms. The Bertz CT molecular complexity index is 451. The Kier molecular flexibility index (Phi) is 5.88. The molecule has 0 atom stereocenters. The third-order valence-electron chi connectivity index (χ3n) is 2.87. The van der Waals surface area contributed by atoms with E-state index in [0.29, 0.717) is 13.1 Å². The highest BCUT2D eigenvalue weighted by Crippen LogP contribution is 2.19. The lowest BCUT2D eigenvalue weighted by atomic mass is 9.89. The van der Waals surface area contributed by atoms with Crippen molar-refractivity contribution in [3.05, 3.63) is 29.8 Å². The van der Waals surface area contributed by atoms with Crippen LogP contribution in [-0.4, -0.2) is 25.6 Å². The van der Waals surface area contributed by atoms with E-state index in [9.17, 15) is 13.6 Å². The minimum atomic E-state index is -2.91. The van der Waals surface area contributed by atoms with Crippen LogP contribution < -0.4 is 15.8 Å². The van der Waals surface area contributed by atoms with Crippen molar-refractivity contribution in [1.82, 2.24) is 5.32 Å². The fourth-order valence-electron chi connectivity index (χ4n) is 1.71. The first kappa shape index (κ1) is 16.4. The van der Waals surface area contributed by atoms with E-state index in [1.54, 1.807) is 6.07 Å². The number of hydrogen-bond donors (Lipinski definition) is 2. The summed E-state index contributed by atoms with van der Waals surface area (Å²) in [6, 6.07) is 5.71. The van der Waals surface area contributed by atoms with Gasteiger partial charge in [-0.25, -0.2) is 0 Å². The van der Waals surface area contributed by atoms with Crippen LogP contribution in [0.5, 0.6) is 5.75 Å². The second-order valence-corrected chi connectivity index (χ2v) is 5.29. The molecule has 0 fully saturated rings. The van der Waals surface area contributed by atoms with Gasteiger partial charge in [-0.2, -0.15) is 8.78 Å². The van der Waals surface area contributed by atoms with Crippen LogP contribution in [-0.2, 0) is 0 Å². The van der Waals surface area contributed by atoms with Crippen molar-refractivity contribution in [3.8, 4) is 5.75 Å². The summed E-state index contributed by atoms with van der Waals surface area (Å²) >= 11 is 0. The first-order chi connectivity index (χ1) is 9.34. The maximum Gasteiger partial charge on any atom is 0.387 e. The number of nitrogens with two attached hydrogens (primary N) is 1. The summed E-state index contributed by atoms with van der Waals surface area (Å²) in [4.78, 5) is 11.9. The quantitative estimate of drug-likeness (QED) is 0.809. The maximum atomic E-state index is 12.1. The molecule has 3 N–H and O–H groups in total. The number of benzene rings is 1. The van der Waals surface area contributed by atoms with E-state index in [1.165, 1.54) is 18.2 Å². The molecule has 0 heterocycles. The maximum absolute atomic E-state index is 12.1. The Morgan fingerprint density at radius 1 is 1.45 bits per heavy atom. The standard InChI is InChI=1S/C14H20F2N2O2/c1-14(2,6-7-17)9-18-12(19)10-4-3-5-11(8-10)20-13(15)16/h3-5,8,13H,6-7,9,17H2,1-2H3,(H,18,19). The fraction of sp³-hybridized carbons (Fsp3) is 0.500. The molecule has 1 aromatic rings. The van der Waals surface area contributed by atoms with Crippen LogP contribution in [0.2, 0.25) is 0 Å². The van der Waals surface area contributed by atoms with Crippen molar-refractivity contribution in [3.63, 3.8) is 0 Å². The lowest BCUT2D eigenvalue weighted by molar-refractivity contribution is -0.0498. The molecule has 0 aromatic heterocycles. The van der Waals surface area contributed by atoms with Gasteiger partial charge >= 0.3 is 6.61 Å². The first-order valence-corrected chi connectivity index (χ1v) is 6.37. The van der Waals surface area contributed by atoms with E-state index in [0.717, 1.165) is 6.42 Å². The molecule has 0 saturated carbocycles. The predicted molar refractivity (Wildman–Crippen MR) is 72.9 cm³/mol. The fourth-order valence-corrected chi connectivity index (χ4v) is 1.71. The highest BCUT2D eigenvalue weighted by Gasteiger charge is 2.18. The van der Waals surface area contributed by atoms with Gasteiger partial charge in [0, 0.05) is 12.1 Å². The van der Waals surface area contributed by atoms with Crippen molar-refractivity contribution < 1.29 is 18.3 Å². The highest BCUT2D eigenvalue weighted by molar-refractivity contribution is 5.94. The Balaban J connectivity index is 2.63. The average molecular weight is 286 g/mol. The summed E-state index contributed by atoms with van der Waals surface area (Å²) in [5, 5.41) is 2.77. The molecule has 112 valence electrons. The predicted octanol–water partition coefficient (Wildman–Crippen LogP) is 2.39. The van der Waals surface area contributed by atoms with E-state index in [2.05, 4.69) is 10.1 Å². The van der Waals surface area contributed by atoms with Crippen molar-refractivity contribution in [2.45, 2.75) is 26.9 Å².